The van der Waals surface area contributed by atoms with Crippen LogP contribution >= 0.6 is 0 Å². The van der Waals surface area contributed by atoms with Crippen molar-refractivity contribution in [1.82, 2.24) is 9.78 Å². The van der Waals surface area contributed by atoms with Crippen LogP contribution < -0.4 is 0 Å². The van der Waals surface area contributed by atoms with Crippen LogP contribution in [0.2, 0.25) is 0 Å². The molecule has 1 heterocycles. The first-order valence-electron chi connectivity index (χ1n) is 5.42. The molecule has 0 aliphatic rings. The SMILES string of the molecule is Cn1nccc1CCC(=O)c1cccc(F)c1. The summed E-state index contributed by atoms with van der Waals surface area (Å²) in [6, 6.07) is 7.66. The Labute approximate surface area is 98.9 Å². The van der Waals surface area contributed by atoms with Crippen LogP contribution in [0, 0.1) is 5.82 Å². The third-order valence-electron chi connectivity index (χ3n) is 2.68. The lowest BCUT2D eigenvalue weighted by atomic mass is 10.1. The van der Waals surface area contributed by atoms with Crippen molar-refractivity contribution in [1.29, 1.82) is 0 Å². The van der Waals surface area contributed by atoms with E-state index in [0.717, 1.165) is 5.69 Å². The number of carbonyl (C=O) groups excluding carboxylic acids is 1. The van der Waals surface area contributed by atoms with Crippen LogP contribution in [0.5, 0.6) is 0 Å². The molecule has 0 unspecified atom stereocenters. The fourth-order valence-electron chi connectivity index (χ4n) is 1.69. The Balaban J connectivity index is 2.01. The van der Waals surface area contributed by atoms with Gasteiger partial charge in [-0.15, -0.1) is 0 Å². The largest absolute Gasteiger partial charge is 0.294 e. The van der Waals surface area contributed by atoms with Crippen LogP contribution in [0.15, 0.2) is 36.5 Å². The molecule has 17 heavy (non-hydrogen) atoms. The molecule has 0 amide bonds. The molecule has 2 rings (SSSR count). The Morgan fingerprint density at radius 1 is 1.41 bits per heavy atom. The van der Waals surface area contributed by atoms with Crippen LogP contribution in [0.25, 0.3) is 0 Å². The van der Waals surface area contributed by atoms with Crippen molar-refractivity contribution in [3.8, 4) is 0 Å². The molecule has 1 aromatic carbocycles. The third kappa shape index (κ3) is 2.78. The predicted octanol–water partition coefficient (Wildman–Crippen LogP) is 2.37. The van der Waals surface area contributed by atoms with Crippen molar-refractivity contribution in [2.24, 2.45) is 7.05 Å². The number of hydrogen-bond acceptors (Lipinski definition) is 2. The molecule has 0 N–H and O–H groups in total. The van der Waals surface area contributed by atoms with Crippen molar-refractivity contribution in [3.05, 3.63) is 53.6 Å². The number of aromatic nitrogens is 2. The molecular weight excluding hydrogens is 219 g/mol. The molecule has 0 spiro atoms. The number of aryl methyl sites for hydroxylation is 2. The molecule has 0 saturated heterocycles. The van der Waals surface area contributed by atoms with E-state index in [9.17, 15) is 9.18 Å². The first-order valence-corrected chi connectivity index (χ1v) is 5.42. The summed E-state index contributed by atoms with van der Waals surface area (Å²) in [6.45, 7) is 0. The summed E-state index contributed by atoms with van der Waals surface area (Å²) in [6.07, 6.45) is 2.68. The van der Waals surface area contributed by atoms with Gasteiger partial charge < -0.3 is 0 Å². The van der Waals surface area contributed by atoms with Crippen LogP contribution in [-0.2, 0) is 13.5 Å². The van der Waals surface area contributed by atoms with E-state index in [4.69, 9.17) is 0 Å². The molecule has 0 aliphatic carbocycles. The minimum absolute atomic E-state index is 0.0503. The average molecular weight is 232 g/mol. The molecule has 3 nitrogen and oxygen atoms in total. The van der Waals surface area contributed by atoms with Gasteiger partial charge in [-0.05, 0) is 24.6 Å². The first kappa shape index (κ1) is 11.5. The Morgan fingerprint density at radius 2 is 2.24 bits per heavy atom. The Hall–Kier alpha value is -1.97. The summed E-state index contributed by atoms with van der Waals surface area (Å²) in [4.78, 5) is 11.8. The predicted molar refractivity (Wildman–Crippen MR) is 62.3 cm³/mol. The quantitative estimate of drug-likeness (QED) is 0.758. The smallest absolute Gasteiger partial charge is 0.163 e. The molecule has 0 aliphatic heterocycles. The normalized spacial score (nSPS) is 10.5. The van der Waals surface area contributed by atoms with Gasteiger partial charge in [-0.2, -0.15) is 5.10 Å². The van der Waals surface area contributed by atoms with Crippen molar-refractivity contribution < 1.29 is 9.18 Å². The molecule has 1 aromatic heterocycles. The number of halogens is 1. The fourth-order valence-corrected chi connectivity index (χ4v) is 1.69. The highest BCUT2D eigenvalue weighted by Crippen LogP contribution is 2.09. The van der Waals surface area contributed by atoms with Crippen LogP contribution in [0.1, 0.15) is 22.5 Å². The second-order valence-electron chi connectivity index (χ2n) is 3.88. The minimum Gasteiger partial charge on any atom is -0.294 e. The molecule has 4 heteroatoms. The third-order valence-corrected chi connectivity index (χ3v) is 2.68. The van der Waals surface area contributed by atoms with Crippen molar-refractivity contribution >= 4 is 5.78 Å². The molecule has 0 atom stereocenters. The summed E-state index contributed by atoms with van der Waals surface area (Å²) >= 11 is 0. The summed E-state index contributed by atoms with van der Waals surface area (Å²) in [5, 5.41) is 4.03. The highest BCUT2D eigenvalue weighted by molar-refractivity contribution is 5.96. The van der Waals surface area contributed by atoms with E-state index in [1.165, 1.54) is 12.1 Å². The van der Waals surface area contributed by atoms with Crippen LogP contribution in [0.4, 0.5) is 4.39 Å². The van der Waals surface area contributed by atoms with Gasteiger partial charge in [0, 0.05) is 30.9 Å². The van der Waals surface area contributed by atoms with Gasteiger partial charge in [0.1, 0.15) is 5.82 Å². The summed E-state index contributed by atoms with van der Waals surface area (Å²) in [7, 11) is 1.84. The maximum absolute atomic E-state index is 12.9. The van der Waals surface area contributed by atoms with Gasteiger partial charge in [-0.1, -0.05) is 12.1 Å². The van der Waals surface area contributed by atoms with Gasteiger partial charge in [0.2, 0.25) is 0 Å². The van der Waals surface area contributed by atoms with Crippen LogP contribution in [0.3, 0.4) is 0 Å². The topological polar surface area (TPSA) is 34.9 Å². The molecule has 88 valence electrons. The lowest BCUT2D eigenvalue weighted by Crippen LogP contribution is -2.04. The zero-order chi connectivity index (χ0) is 12.3. The van der Waals surface area contributed by atoms with Crippen LogP contribution in [-0.4, -0.2) is 15.6 Å². The summed E-state index contributed by atoms with van der Waals surface area (Å²) < 4.78 is 14.7. The number of nitrogens with zero attached hydrogens (tertiary/aromatic N) is 2. The molecule has 0 bridgehead atoms. The number of hydrogen-bond donors (Lipinski definition) is 0. The number of ketones is 1. The number of rotatable bonds is 4. The number of Topliss-reactive ketones (excluding diaryl/α,β-unsaturated/α-hetero) is 1. The van der Waals surface area contributed by atoms with E-state index < -0.39 is 0 Å². The molecule has 2 aromatic rings. The van der Waals surface area contributed by atoms with Gasteiger partial charge in [0.15, 0.2) is 5.78 Å². The zero-order valence-electron chi connectivity index (χ0n) is 9.56. The van der Waals surface area contributed by atoms with E-state index in [1.807, 2.05) is 13.1 Å². The molecule has 0 saturated carbocycles. The Morgan fingerprint density at radius 3 is 2.88 bits per heavy atom. The number of benzene rings is 1. The number of carbonyl (C=O) groups is 1. The summed E-state index contributed by atoms with van der Waals surface area (Å²) in [5.41, 5.74) is 1.42. The van der Waals surface area contributed by atoms with E-state index in [0.29, 0.717) is 18.4 Å². The van der Waals surface area contributed by atoms with E-state index in [1.54, 1.807) is 23.0 Å². The van der Waals surface area contributed by atoms with Gasteiger partial charge in [-0.3, -0.25) is 9.48 Å². The lowest BCUT2D eigenvalue weighted by Gasteiger charge is -2.02. The maximum atomic E-state index is 12.9. The summed E-state index contributed by atoms with van der Waals surface area (Å²) in [5.74, 6) is -0.429. The Bertz CT molecular complexity index is 534. The second-order valence-corrected chi connectivity index (χ2v) is 3.88. The Kier molecular flexibility index (Phi) is 3.32. The van der Waals surface area contributed by atoms with E-state index in [2.05, 4.69) is 5.10 Å². The fraction of sp³-hybridized carbons (Fsp3) is 0.231. The average Bonchev–Trinajstić information content (AvgIpc) is 2.72. The monoisotopic (exact) mass is 232 g/mol. The molecule has 0 fully saturated rings. The van der Waals surface area contributed by atoms with Crippen molar-refractivity contribution in [2.45, 2.75) is 12.8 Å². The minimum atomic E-state index is -0.378. The first-order chi connectivity index (χ1) is 8.16. The van der Waals surface area contributed by atoms with E-state index in [-0.39, 0.29) is 11.6 Å². The van der Waals surface area contributed by atoms with Gasteiger partial charge in [0.25, 0.3) is 0 Å². The lowest BCUT2D eigenvalue weighted by molar-refractivity contribution is 0.0982. The molecular formula is C13H13FN2O. The highest BCUT2D eigenvalue weighted by atomic mass is 19.1. The van der Waals surface area contributed by atoms with Gasteiger partial charge in [-0.25, -0.2) is 4.39 Å². The molecule has 0 radical (unpaired) electrons. The van der Waals surface area contributed by atoms with Gasteiger partial charge >= 0.3 is 0 Å². The van der Waals surface area contributed by atoms with Crippen molar-refractivity contribution in [3.63, 3.8) is 0 Å². The van der Waals surface area contributed by atoms with Gasteiger partial charge in [0.05, 0.1) is 0 Å². The maximum Gasteiger partial charge on any atom is 0.163 e. The van der Waals surface area contributed by atoms with Crippen molar-refractivity contribution in [2.75, 3.05) is 0 Å². The zero-order valence-corrected chi connectivity index (χ0v) is 9.56. The second kappa shape index (κ2) is 4.91. The standard InChI is InChI=1S/C13H13FN2O/c1-16-12(7-8-15-16)5-6-13(17)10-3-2-4-11(14)9-10/h2-4,7-9H,5-6H2,1H3. The van der Waals surface area contributed by atoms with E-state index >= 15 is 0 Å². The highest BCUT2D eigenvalue weighted by Gasteiger charge is 2.08.